The molecule has 0 saturated carbocycles. The number of guanidine groups is 1. The van der Waals surface area contributed by atoms with Gasteiger partial charge in [-0.2, -0.15) is 0 Å². The van der Waals surface area contributed by atoms with Crippen molar-refractivity contribution in [3.63, 3.8) is 0 Å². The lowest BCUT2D eigenvalue weighted by Crippen LogP contribution is -2.37. The lowest BCUT2D eigenvalue weighted by atomic mass is 10.1. The molecule has 1 saturated heterocycles. The molecule has 1 rings (SSSR count). The molecule has 0 spiro atoms. The smallest absolute Gasteiger partial charge is 0.188 e. The zero-order valence-corrected chi connectivity index (χ0v) is 13.6. The maximum atomic E-state index is 5.81. The largest absolute Gasteiger partial charge is 0.380 e. The van der Waals surface area contributed by atoms with Crippen LogP contribution >= 0.6 is 0 Å². The molecule has 124 valence electrons. The number of morpholine rings is 1. The molecule has 0 unspecified atom stereocenters. The van der Waals surface area contributed by atoms with Gasteiger partial charge in [0.05, 0.1) is 19.8 Å². The van der Waals surface area contributed by atoms with E-state index in [2.05, 4.69) is 29.1 Å². The number of hydrogen-bond acceptors (Lipinski definition) is 4. The van der Waals surface area contributed by atoms with E-state index in [-0.39, 0.29) is 0 Å². The first-order valence-electron chi connectivity index (χ1n) is 8.10. The Morgan fingerprint density at radius 1 is 1.33 bits per heavy atom. The van der Waals surface area contributed by atoms with Crippen molar-refractivity contribution in [2.75, 3.05) is 59.2 Å². The van der Waals surface area contributed by atoms with Gasteiger partial charge in [0.1, 0.15) is 0 Å². The second-order valence-electron chi connectivity index (χ2n) is 5.80. The Hall–Kier alpha value is -0.850. The van der Waals surface area contributed by atoms with E-state index in [0.29, 0.717) is 18.5 Å². The monoisotopic (exact) mass is 300 g/mol. The minimum Gasteiger partial charge on any atom is -0.380 e. The van der Waals surface area contributed by atoms with E-state index < -0.39 is 0 Å². The fraction of sp³-hybridized carbons (Fsp3) is 0.933. The predicted octanol–water partition coefficient (Wildman–Crippen LogP) is 0.676. The molecule has 0 radical (unpaired) electrons. The van der Waals surface area contributed by atoms with E-state index in [9.17, 15) is 0 Å². The third-order valence-corrected chi connectivity index (χ3v) is 3.41. The second kappa shape index (κ2) is 11.8. The molecule has 1 fully saturated rings. The number of hydrogen-bond donors (Lipinski definition) is 2. The first-order chi connectivity index (χ1) is 10.2. The van der Waals surface area contributed by atoms with Crippen LogP contribution in [0.4, 0.5) is 0 Å². The highest BCUT2D eigenvalue weighted by molar-refractivity contribution is 5.77. The van der Waals surface area contributed by atoms with Gasteiger partial charge in [-0.15, -0.1) is 0 Å². The molecule has 0 aromatic rings. The van der Waals surface area contributed by atoms with Crippen molar-refractivity contribution in [1.29, 1.82) is 0 Å². The Bertz CT molecular complexity index is 279. The SMILES string of the molecule is CC(C)CCOCCNC(N)=NCCCN1CCOCC1. The molecule has 21 heavy (non-hydrogen) atoms. The molecule has 6 nitrogen and oxygen atoms in total. The normalized spacial score (nSPS) is 17.4. The number of ether oxygens (including phenoxy) is 2. The highest BCUT2D eigenvalue weighted by Crippen LogP contribution is 1.98. The van der Waals surface area contributed by atoms with Crippen LogP contribution in [0.2, 0.25) is 0 Å². The minimum absolute atomic E-state index is 0.518. The summed E-state index contributed by atoms with van der Waals surface area (Å²) in [4.78, 5) is 6.73. The van der Waals surface area contributed by atoms with E-state index in [0.717, 1.165) is 65.4 Å². The second-order valence-corrected chi connectivity index (χ2v) is 5.80. The van der Waals surface area contributed by atoms with E-state index in [1.54, 1.807) is 0 Å². The molecular formula is C15H32N4O2. The van der Waals surface area contributed by atoms with Gasteiger partial charge in [-0.3, -0.25) is 9.89 Å². The van der Waals surface area contributed by atoms with Crippen LogP contribution in [0, 0.1) is 5.92 Å². The average Bonchev–Trinajstić information content (AvgIpc) is 2.48. The maximum Gasteiger partial charge on any atom is 0.188 e. The summed E-state index contributed by atoms with van der Waals surface area (Å²) in [6.07, 6.45) is 2.14. The lowest BCUT2D eigenvalue weighted by molar-refractivity contribution is 0.0377. The molecule has 0 aliphatic carbocycles. The molecular weight excluding hydrogens is 268 g/mol. The van der Waals surface area contributed by atoms with Gasteiger partial charge < -0.3 is 20.5 Å². The highest BCUT2D eigenvalue weighted by Gasteiger charge is 2.08. The minimum atomic E-state index is 0.518. The number of nitrogens with two attached hydrogens (primary N) is 1. The van der Waals surface area contributed by atoms with Crippen molar-refractivity contribution in [2.24, 2.45) is 16.6 Å². The van der Waals surface area contributed by atoms with Crippen LogP contribution in [-0.4, -0.2) is 70.0 Å². The summed E-state index contributed by atoms with van der Waals surface area (Å²) in [6, 6.07) is 0. The van der Waals surface area contributed by atoms with Crippen LogP contribution in [0.5, 0.6) is 0 Å². The van der Waals surface area contributed by atoms with Crippen molar-refractivity contribution >= 4 is 5.96 Å². The van der Waals surface area contributed by atoms with Gasteiger partial charge in [0.15, 0.2) is 5.96 Å². The quantitative estimate of drug-likeness (QED) is 0.352. The topological polar surface area (TPSA) is 72.1 Å². The van der Waals surface area contributed by atoms with Crippen molar-refractivity contribution in [1.82, 2.24) is 10.2 Å². The Morgan fingerprint density at radius 3 is 2.81 bits per heavy atom. The van der Waals surface area contributed by atoms with Crippen LogP contribution in [0.1, 0.15) is 26.7 Å². The average molecular weight is 300 g/mol. The molecule has 0 bridgehead atoms. The maximum absolute atomic E-state index is 5.81. The van der Waals surface area contributed by atoms with Gasteiger partial charge in [-0.05, 0) is 18.8 Å². The van der Waals surface area contributed by atoms with E-state index in [4.69, 9.17) is 15.2 Å². The van der Waals surface area contributed by atoms with Gasteiger partial charge in [-0.25, -0.2) is 0 Å². The molecule has 1 aliphatic heterocycles. The van der Waals surface area contributed by atoms with Crippen LogP contribution in [0.25, 0.3) is 0 Å². The van der Waals surface area contributed by atoms with Crippen LogP contribution in [-0.2, 0) is 9.47 Å². The summed E-state index contributed by atoms with van der Waals surface area (Å²) in [7, 11) is 0. The highest BCUT2D eigenvalue weighted by atomic mass is 16.5. The summed E-state index contributed by atoms with van der Waals surface area (Å²) in [5, 5.41) is 3.08. The molecule has 3 N–H and O–H groups in total. The molecule has 6 heteroatoms. The Labute approximate surface area is 129 Å². The van der Waals surface area contributed by atoms with Crippen molar-refractivity contribution in [3.05, 3.63) is 0 Å². The number of nitrogens with zero attached hydrogens (tertiary/aromatic N) is 2. The summed E-state index contributed by atoms with van der Waals surface area (Å²) in [6.45, 7) is 12.2. The first-order valence-corrected chi connectivity index (χ1v) is 8.10. The zero-order chi connectivity index (χ0) is 15.3. The van der Waals surface area contributed by atoms with E-state index >= 15 is 0 Å². The van der Waals surface area contributed by atoms with Gasteiger partial charge in [0.25, 0.3) is 0 Å². The summed E-state index contributed by atoms with van der Waals surface area (Å²) in [5.74, 6) is 1.21. The van der Waals surface area contributed by atoms with Crippen molar-refractivity contribution in [2.45, 2.75) is 26.7 Å². The van der Waals surface area contributed by atoms with Crippen LogP contribution < -0.4 is 11.1 Å². The van der Waals surface area contributed by atoms with Gasteiger partial charge >= 0.3 is 0 Å². The molecule has 0 atom stereocenters. The summed E-state index contributed by atoms with van der Waals surface area (Å²) >= 11 is 0. The van der Waals surface area contributed by atoms with Crippen LogP contribution in [0.15, 0.2) is 4.99 Å². The van der Waals surface area contributed by atoms with Crippen molar-refractivity contribution in [3.8, 4) is 0 Å². The Balaban J connectivity index is 1.92. The predicted molar refractivity (Wildman–Crippen MR) is 86.6 cm³/mol. The molecule has 1 aliphatic rings. The Kier molecular flexibility index (Phi) is 10.2. The summed E-state index contributed by atoms with van der Waals surface area (Å²) in [5.41, 5.74) is 5.81. The third-order valence-electron chi connectivity index (χ3n) is 3.41. The number of rotatable bonds is 10. The van der Waals surface area contributed by atoms with Crippen LogP contribution in [0.3, 0.4) is 0 Å². The number of aliphatic imine (C=N–C) groups is 1. The van der Waals surface area contributed by atoms with Crippen molar-refractivity contribution < 1.29 is 9.47 Å². The first kappa shape index (κ1) is 18.2. The molecule has 0 amide bonds. The lowest BCUT2D eigenvalue weighted by Gasteiger charge is -2.26. The van der Waals surface area contributed by atoms with Gasteiger partial charge in [0, 0.05) is 39.3 Å². The zero-order valence-electron chi connectivity index (χ0n) is 13.6. The fourth-order valence-corrected chi connectivity index (χ4v) is 2.05. The number of nitrogens with one attached hydrogen (secondary N) is 1. The Morgan fingerprint density at radius 2 is 2.10 bits per heavy atom. The molecule has 0 aromatic carbocycles. The summed E-state index contributed by atoms with van der Waals surface area (Å²) < 4.78 is 10.8. The fourth-order valence-electron chi connectivity index (χ4n) is 2.05. The molecule has 0 aromatic heterocycles. The van der Waals surface area contributed by atoms with E-state index in [1.807, 2.05) is 0 Å². The van der Waals surface area contributed by atoms with Gasteiger partial charge in [0.2, 0.25) is 0 Å². The molecule has 1 heterocycles. The van der Waals surface area contributed by atoms with E-state index in [1.165, 1.54) is 0 Å². The standard InChI is InChI=1S/C15H32N4O2/c1-14(2)4-10-20-11-6-18-15(16)17-5-3-7-19-8-12-21-13-9-19/h14H,3-13H2,1-2H3,(H3,16,17,18). The third kappa shape index (κ3) is 10.5. The van der Waals surface area contributed by atoms with Gasteiger partial charge in [-0.1, -0.05) is 13.8 Å².